The molecule has 0 fully saturated rings. The van der Waals surface area contributed by atoms with E-state index >= 15 is 0 Å². The van der Waals surface area contributed by atoms with Gasteiger partial charge >= 0.3 is 0 Å². The fourth-order valence-corrected chi connectivity index (χ4v) is 2.04. The quantitative estimate of drug-likeness (QED) is 0.593. The van der Waals surface area contributed by atoms with E-state index in [1.165, 1.54) is 0 Å². The lowest BCUT2D eigenvalue weighted by Crippen LogP contribution is -2.48. The summed E-state index contributed by atoms with van der Waals surface area (Å²) in [6, 6.07) is 0. The van der Waals surface area contributed by atoms with Crippen LogP contribution in [0, 0.1) is 5.41 Å². The molecule has 3 heteroatoms. The van der Waals surface area contributed by atoms with E-state index in [1.807, 2.05) is 11.5 Å². The van der Waals surface area contributed by atoms with Crippen molar-refractivity contribution in [3.8, 4) is 0 Å². The lowest BCUT2D eigenvalue weighted by atomic mass is 9.85. The molecule has 0 amide bonds. The van der Waals surface area contributed by atoms with Gasteiger partial charge in [-0.05, 0) is 23.3 Å². The molecule has 1 heterocycles. The van der Waals surface area contributed by atoms with Gasteiger partial charge in [-0.3, -0.25) is 0 Å². The Morgan fingerprint density at radius 2 is 2.18 bits per heavy atom. The molecule has 2 nitrogen and oxygen atoms in total. The van der Waals surface area contributed by atoms with Crippen molar-refractivity contribution >= 4 is 11.9 Å². The van der Waals surface area contributed by atoms with Gasteiger partial charge in [-0.15, -0.1) is 0 Å². The van der Waals surface area contributed by atoms with Crippen LogP contribution >= 0.6 is 11.9 Å². The third-order valence-electron chi connectivity index (χ3n) is 1.51. The normalized spacial score (nSPS) is 31.3. The van der Waals surface area contributed by atoms with Gasteiger partial charge in [-0.25, -0.2) is 4.72 Å². The molecule has 1 aliphatic rings. The Labute approximate surface area is 72.7 Å². The molecule has 0 aliphatic carbocycles. The minimum Gasteiger partial charge on any atom is -0.309 e. The van der Waals surface area contributed by atoms with E-state index in [2.05, 4.69) is 25.5 Å². The molecular weight excluding hydrogens is 156 g/mol. The van der Waals surface area contributed by atoms with Gasteiger partial charge in [0, 0.05) is 0 Å². The van der Waals surface area contributed by atoms with Crippen LogP contribution in [0.25, 0.3) is 0 Å². The summed E-state index contributed by atoms with van der Waals surface area (Å²) in [7, 11) is 0. The van der Waals surface area contributed by atoms with Crippen LogP contribution < -0.4 is 10.5 Å². The topological polar surface area (TPSA) is 38.0 Å². The first-order valence-corrected chi connectivity index (χ1v) is 4.69. The average molecular weight is 172 g/mol. The highest BCUT2D eigenvalue weighted by Gasteiger charge is 2.30. The van der Waals surface area contributed by atoms with Crippen LogP contribution in [-0.4, -0.2) is 5.66 Å². The standard InChI is InChI=1S/C8H16N2S/c1-7(2,3)6-8(9)4-5-11-10-8/h4-5,10H,6,9H2,1-3H3. The second-order valence-electron chi connectivity index (χ2n) is 4.30. The third kappa shape index (κ3) is 2.85. The molecule has 11 heavy (non-hydrogen) atoms. The molecule has 1 rings (SSSR count). The van der Waals surface area contributed by atoms with Crippen molar-refractivity contribution in [3.05, 3.63) is 11.5 Å². The molecule has 0 saturated heterocycles. The summed E-state index contributed by atoms with van der Waals surface area (Å²) >= 11 is 1.57. The van der Waals surface area contributed by atoms with Crippen LogP contribution in [-0.2, 0) is 0 Å². The van der Waals surface area contributed by atoms with E-state index in [4.69, 9.17) is 5.73 Å². The van der Waals surface area contributed by atoms with E-state index in [0.29, 0.717) is 0 Å². The monoisotopic (exact) mass is 172 g/mol. The number of hydrogen-bond donors (Lipinski definition) is 2. The predicted octanol–water partition coefficient (Wildman–Crippen LogP) is 1.84. The van der Waals surface area contributed by atoms with Gasteiger partial charge in [0.25, 0.3) is 0 Å². The predicted molar refractivity (Wildman–Crippen MR) is 50.9 cm³/mol. The molecule has 1 unspecified atom stereocenters. The first-order valence-electron chi connectivity index (χ1n) is 3.81. The van der Waals surface area contributed by atoms with E-state index in [-0.39, 0.29) is 11.1 Å². The molecule has 3 N–H and O–H groups in total. The molecule has 0 aromatic carbocycles. The second kappa shape index (κ2) is 2.81. The summed E-state index contributed by atoms with van der Waals surface area (Å²) in [4.78, 5) is 0. The smallest absolute Gasteiger partial charge is 0.0960 e. The molecule has 0 aromatic rings. The number of nitrogens with one attached hydrogen (secondary N) is 1. The molecule has 64 valence electrons. The van der Waals surface area contributed by atoms with Crippen molar-refractivity contribution in [2.45, 2.75) is 32.9 Å². The zero-order chi connectivity index (χ0) is 8.54. The molecule has 0 spiro atoms. The Bertz CT molecular complexity index is 171. The fraction of sp³-hybridized carbons (Fsp3) is 0.750. The highest BCUT2D eigenvalue weighted by atomic mass is 32.2. The minimum atomic E-state index is -0.289. The Morgan fingerprint density at radius 3 is 2.55 bits per heavy atom. The summed E-state index contributed by atoms with van der Waals surface area (Å²) in [6.45, 7) is 6.58. The molecule has 0 aromatic heterocycles. The molecule has 1 atom stereocenters. The van der Waals surface area contributed by atoms with Crippen LogP contribution in [0.4, 0.5) is 0 Å². The van der Waals surface area contributed by atoms with Crippen molar-refractivity contribution < 1.29 is 0 Å². The van der Waals surface area contributed by atoms with Crippen LogP contribution in [0.1, 0.15) is 27.2 Å². The fourth-order valence-electron chi connectivity index (χ4n) is 1.31. The van der Waals surface area contributed by atoms with E-state index < -0.39 is 0 Å². The zero-order valence-corrected chi connectivity index (χ0v) is 8.16. The van der Waals surface area contributed by atoms with Crippen LogP contribution in [0.3, 0.4) is 0 Å². The maximum absolute atomic E-state index is 6.03. The first kappa shape index (κ1) is 9.10. The first-order chi connectivity index (χ1) is 4.91. The number of hydrogen-bond acceptors (Lipinski definition) is 3. The van der Waals surface area contributed by atoms with Gasteiger partial charge in [0.2, 0.25) is 0 Å². The minimum absolute atomic E-state index is 0.275. The van der Waals surface area contributed by atoms with Crippen molar-refractivity contribution in [3.63, 3.8) is 0 Å². The summed E-state index contributed by atoms with van der Waals surface area (Å²) in [5.41, 5.74) is 6.01. The highest BCUT2D eigenvalue weighted by molar-refractivity contribution is 8.00. The summed E-state index contributed by atoms with van der Waals surface area (Å²) < 4.78 is 3.17. The van der Waals surface area contributed by atoms with Gasteiger partial charge in [0.1, 0.15) is 0 Å². The lowest BCUT2D eigenvalue weighted by Gasteiger charge is -2.30. The van der Waals surface area contributed by atoms with Crippen molar-refractivity contribution in [1.82, 2.24) is 4.72 Å². The zero-order valence-electron chi connectivity index (χ0n) is 7.35. The average Bonchev–Trinajstić information content (AvgIpc) is 2.09. The second-order valence-corrected chi connectivity index (χ2v) is 5.01. The van der Waals surface area contributed by atoms with E-state index in [0.717, 1.165) is 6.42 Å². The third-order valence-corrected chi connectivity index (χ3v) is 2.28. The molecular formula is C8H16N2S. The van der Waals surface area contributed by atoms with Gasteiger partial charge in [0.05, 0.1) is 5.66 Å². The van der Waals surface area contributed by atoms with Gasteiger partial charge in [-0.2, -0.15) is 0 Å². The van der Waals surface area contributed by atoms with Crippen molar-refractivity contribution in [2.75, 3.05) is 0 Å². The molecule has 0 bridgehead atoms. The Hall–Kier alpha value is 0.01000. The summed E-state index contributed by atoms with van der Waals surface area (Å²) in [6.07, 6.45) is 2.99. The highest BCUT2D eigenvalue weighted by Crippen LogP contribution is 2.29. The van der Waals surface area contributed by atoms with E-state index in [1.54, 1.807) is 11.9 Å². The van der Waals surface area contributed by atoms with Crippen molar-refractivity contribution in [2.24, 2.45) is 11.1 Å². The van der Waals surface area contributed by atoms with Gasteiger partial charge < -0.3 is 5.73 Å². The Balaban J connectivity index is 2.54. The Morgan fingerprint density at radius 1 is 1.55 bits per heavy atom. The summed E-state index contributed by atoms with van der Waals surface area (Å²) in [5, 5.41) is 2.01. The lowest BCUT2D eigenvalue weighted by molar-refractivity contribution is 0.289. The van der Waals surface area contributed by atoms with E-state index in [9.17, 15) is 0 Å². The van der Waals surface area contributed by atoms with Gasteiger partial charge in [-0.1, -0.05) is 32.7 Å². The van der Waals surface area contributed by atoms with Crippen LogP contribution in [0.5, 0.6) is 0 Å². The largest absolute Gasteiger partial charge is 0.309 e. The van der Waals surface area contributed by atoms with Crippen molar-refractivity contribution in [1.29, 1.82) is 0 Å². The Kier molecular flexibility index (Phi) is 2.32. The molecule has 1 aliphatic heterocycles. The maximum Gasteiger partial charge on any atom is 0.0960 e. The van der Waals surface area contributed by atoms with Crippen LogP contribution in [0.2, 0.25) is 0 Å². The summed E-state index contributed by atoms with van der Waals surface area (Å²) in [5.74, 6) is 0. The number of rotatable bonds is 1. The van der Waals surface area contributed by atoms with Gasteiger partial charge in [0.15, 0.2) is 0 Å². The van der Waals surface area contributed by atoms with Crippen LogP contribution in [0.15, 0.2) is 11.5 Å². The number of nitrogens with two attached hydrogens (primary N) is 1. The SMILES string of the molecule is CC(C)(C)CC1(N)C=CSN1. The maximum atomic E-state index is 6.03. The molecule has 0 saturated carbocycles. The molecule has 0 radical (unpaired) electrons.